The highest BCUT2D eigenvalue weighted by molar-refractivity contribution is 5.91. The second-order valence-electron chi connectivity index (χ2n) is 4.52. The second-order valence-corrected chi connectivity index (χ2v) is 4.52. The highest BCUT2D eigenvalue weighted by atomic mass is 16.5. The molecule has 1 aromatic rings. The third-order valence-corrected chi connectivity index (χ3v) is 2.38. The Bertz CT molecular complexity index is 441. The summed E-state index contributed by atoms with van der Waals surface area (Å²) in [5, 5.41) is 12.2. The summed E-state index contributed by atoms with van der Waals surface area (Å²) in [7, 11) is 1.42. The molecule has 1 heterocycles. The third-order valence-electron chi connectivity index (χ3n) is 2.38. The van der Waals surface area contributed by atoms with E-state index in [2.05, 4.69) is 5.16 Å². The van der Waals surface area contributed by atoms with Crippen molar-refractivity contribution in [1.29, 1.82) is 0 Å². The van der Waals surface area contributed by atoms with Crippen LogP contribution in [-0.2, 0) is 4.79 Å². The minimum absolute atomic E-state index is 0.0443. The predicted octanol–water partition coefficient (Wildman–Crippen LogP) is 1.26. The quantitative estimate of drug-likeness (QED) is 0.801. The molecule has 0 saturated carbocycles. The zero-order valence-corrected chi connectivity index (χ0v) is 11.3. The molecule has 1 N–H and O–H groups in total. The average molecular weight is 270 g/mol. The van der Waals surface area contributed by atoms with Crippen molar-refractivity contribution < 1.29 is 24.0 Å². The van der Waals surface area contributed by atoms with E-state index in [-0.39, 0.29) is 36.4 Å². The Labute approximate surface area is 111 Å². The molecule has 106 valence electrons. The molecule has 0 aliphatic heterocycles. The number of rotatable bonds is 7. The number of methoxy groups -OCH3 is 1. The standard InChI is InChI=1S/C12H18N2O5/c1-8(2)7-14(5-4-11(15)16)12(17)9-6-10(18-3)13-19-9/h6,8H,4-5,7H2,1-3H3,(H,15,16). The van der Waals surface area contributed by atoms with E-state index in [9.17, 15) is 9.59 Å². The first-order chi connectivity index (χ1) is 8.93. The van der Waals surface area contributed by atoms with Gasteiger partial charge < -0.3 is 19.3 Å². The number of hydrogen-bond acceptors (Lipinski definition) is 5. The zero-order chi connectivity index (χ0) is 14.4. The van der Waals surface area contributed by atoms with Crippen LogP contribution in [-0.4, -0.2) is 47.2 Å². The SMILES string of the molecule is COc1cc(C(=O)N(CCC(=O)O)CC(C)C)on1. The smallest absolute Gasteiger partial charge is 0.305 e. The van der Waals surface area contributed by atoms with Gasteiger partial charge in [-0.05, 0) is 11.1 Å². The molecular weight excluding hydrogens is 252 g/mol. The van der Waals surface area contributed by atoms with Gasteiger partial charge in [-0.1, -0.05) is 13.8 Å². The van der Waals surface area contributed by atoms with Crippen molar-refractivity contribution in [1.82, 2.24) is 10.1 Å². The lowest BCUT2D eigenvalue weighted by molar-refractivity contribution is -0.137. The molecule has 0 unspecified atom stereocenters. The van der Waals surface area contributed by atoms with Crippen LogP contribution in [0.3, 0.4) is 0 Å². The lowest BCUT2D eigenvalue weighted by Gasteiger charge is -2.22. The fourth-order valence-corrected chi connectivity index (χ4v) is 1.56. The number of carbonyl (C=O) groups excluding carboxylic acids is 1. The largest absolute Gasteiger partial charge is 0.481 e. The van der Waals surface area contributed by atoms with Gasteiger partial charge in [0, 0.05) is 13.1 Å². The van der Waals surface area contributed by atoms with E-state index >= 15 is 0 Å². The maximum absolute atomic E-state index is 12.2. The van der Waals surface area contributed by atoms with Gasteiger partial charge in [-0.2, -0.15) is 0 Å². The molecule has 0 spiro atoms. The van der Waals surface area contributed by atoms with E-state index in [1.54, 1.807) is 0 Å². The predicted molar refractivity (Wildman–Crippen MR) is 66.0 cm³/mol. The molecule has 1 rings (SSSR count). The summed E-state index contributed by atoms with van der Waals surface area (Å²) < 4.78 is 9.71. The van der Waals surface area contributed by atoms with Crippen LogP contribution in [0.25, 0.3) is 0 Å². The molecule has 19 heavy (non-hydrogen) atoms. The van der Waals surface area contributed by atoms with Crippen molar-refractivity contribution in [3.8, 4) is 5.88 Å². The lowest BCUT2D eigenvalue weighted by Crippen LogP contribution is -2.35. The van der Waals surface area contributed by atoms with Crippen molar-refractivity contribution in [3.63, 3.8) is 0 Å². The van der Waals surface area contributed by atoms with Crippen LogP contribution in [0.2, 0.25) is 0 Å². The van der Waals surface area contributed by atoms with Gasteiger partial charge >= 0.3 is 5.97 Å². The minimum Gasteiger partial charge on any atom is -0.481 e. The zero-order valence-electron chi connectivity index (χ0n) is 11.3. The Hall–Kier alpha value is -2.05. The molecule has 1 amide bonds. The molecule has 0 saturated heterocycles. The van der Waals surface area contributed by atoms with Gasteiger partial charge in [0.15, 0.2) is 0 Å². The van der Waals surface area contributed by atoms with Crippen LogP contribution >= 0.6 is 0 Å². The monoisotopic (exact) mass is 270 g/mol. The number of amides is 1. The second kappa shape index (κ2) is 6.77. The van der Waals surface area contributed by atoms with E-state index in [0.29, 0.717) is 6.54 Å². The maximum atomic E-state index is 12.2. The van der Waals surface area contributed by atoms with Crippen LogP contribution in [0.5, 0.6) is 5.88 Å². The van der Waals surface area contributed by atoms with Gasteiger partial charge in [0.05, 0.1) is 19.6 Å². The van der Waals surface area contributed by atoms with Gasteiger partial charge in [-0.25, -0.2) is 0 Å². The molecule has 0 fully saturated rings. The normalized spacial score (nSPS) is 10.5. The van der Waals surface area contributed by atoms with Crippen molar-refractivity contribution in [2.24, 2.45) is 5.92 Å². The van der Waals surface area contributed by atoms with Gasteiger partial charge in [0.1, 0.15) is 0 Å². The van der Waals surface area contributed by atoms with Crippen LogP contribution in [0.1, 0.15) is 30.8 Å². The van der Waals surface area contributed by atoms with Crippen LogP contribution in [0, 0.1) is 5.92 Å². The maximum Gasteiger partial charge on any atom is 0.305 e. The molecule has 0 bridgehead atoms. The number of carbonyl (C=O) groups is 2. The Kier molecular flexibility index (Phi) is 5.35. The number of carboxylic acid groups (broad SMARTS) is 1. The average Bonchev–Trinajstić information content (AvgIpc) is 2.81. The molecule has 0 aliphatic carbocycles. The summed E-state index contributed by atoms with van der Waals surface area (Å²) >= 11 is 0. The van der Waals surface area contributed by atoms with E-state index in [0.717, 1.165) is 0 Å². The number of hydrogen-bond donors (Lipinski definition) is 1. The van der Waals surface area contributed by atoms with Gasteiger partial charge in [0.2, 0.25) is 5.76 Å². The van der Waals surface area contributed by atoms with E-state index < -0.39 is 5.97 Å². The van der Waals surface area contributed by atoms with Crippen LogP contribution in [0.4, 0.5) is 0 Å². The summed E-state index contributed by atoms with van der Waals surface area (Å²) in [6.45, 7) is 4.48. The Balaban J connectivity index is 2.77. The molecule has 7 heteroatoms. The van der Waals surface area contributed by atoms with E-state index in [1.807, 2.05) is 13.8 Å². The van der Waals surface area contributed by atoms with Crippen molar-refractivity contribution in [2.45, 2.75) is 20.3 Å². The number of nitrogens with zero attached hydrogens (tertiary/aromatic N) is 2. The minimum atomic E-state index is -0.947. The summed E-state index contributed by atoms with van der Waals surface area (Å²) in [5.74, 6) is -0.848. The Morgan fingerprint density at radius 2 is 2.21 bits per heavy atom. The van der Waals surface area contributed by atoms with Crippen LogP contribution < -0.4 is 4.74 Å². The van der Waals surface area contributed by atoms with E-state index in [1.165, 1.54) is 18.1 Å². The molecule has 7 nitrogen and oxygen atoms in total. The first-order valence-electron chi connectivity index (χ1n) is 5.95. The number of aliphatic carboxylic acids is 1. The third kappa shape index (κ3) is 4.61. The molecule has 0 aliphatic rings. The van der Waals surface area contributed by atoms with Crippen molar-refractivity contribution in [3.05, 3.63) is 11.8 Å². The number of ether oxygens (including phenoxy) is 1. The molecule has 0 atom stereocenters. The summed E-state index contributed by atoms with van der Waals surface area (Å²) in [4.78, 5) is 24.2. The molecule has 0 radical (unpaired) electrons. The van der Waals surface area contributed by atoms with Gasteiger partial charge in [-0.15, -0.1) is 0 Å². The molecule has 0 aromatic carbocycles. The van der Waals surface area contributed by atoms with E-state index in [4.69, 9.17) is 14.4 Å². The fourth-order valence-electron chi connectivity index (χ4n) is 1.56. The topological polar surface area (TPSA) is 92.9 Å². The van der Waals surface area contributed by atoms with Gasteiger partial charge in [-0.3, -0.25) is 9.59 Å². The summed E-state index contributed by atoms with van der Waals surface area (Å²) in [6, 6.07) is 1.39. The Morgan fingerprint density at radius 3 is 2.68 bits per heavy atom. The number of carboxylic acids is 1. The first kappa shape index (κ1) is 15.0. The van der Waals surface area contributed by atoms with Crippen molar-refractivity contribution in [2.75, 3.05) is 20.2 Å². The summed E-state index contributed by atoms with van der Waals surface area (Å²) in [6.07, 6.45) is -0.107. The van der Waals surface area contributed by atoms with Gasteiger partial charge in [0.25, 0.3) is 11.8 Å². The molecular formula is C12H18N2O5. The number of aromatic nitrogens is 1. The highest BCUT2D eigenvalue weighted by Gasteiger charge is 2.22. The fraction of sp³-hybridized carbons (Fsp3) is 0.583. The Morgan fingerprint density at radius 1 is 1.53 bits per heavy atom. The highest BCUT2D eigenvalue weighted by Crippen LogP contribution is 2.14. The van der Waals surface area contributed by atoms with Crippen LogP contribution in [0.15, 0.2) is 10.6 Å². The lowest BCUT2D eigenvalue weighted by atomic mass is 10.2. The first-order valence-corrected chi connectivity index (χ1v) is 5.95. The molecule has 1 aromatic heterocycles. The van der Waals surface area contributed by atoms with Crippen molar-refractivity contribution >= 4 is 11.9 Å². The summed E-state index contributed by atoms with van der Waals surface area (Å²) in [5.41, 5.74) is 0.